The second-order valence-corrected chi connectivity index (χ2v) is 6.73. The summed E-state index contributed by atoms with van der Waals surface area (Å²) in [7, 11) is 0. The molecule has 7 heteroatoms. The summed E-state index contributed by atoms with van der Waals surface area (Å²) >= 11 is 1.55. The van der Waals surface area contributed by atoms with Gasteiger partial charge in [0.05, 0.1) is 5.71 Å². The molecule has 126 valence electrons. The van der Waals surface area contributed by atoms with Crippen molar-refractivity contribution in [2.75, 3.05) is 0 Å². The van der Waals surface area contributed by atoms with Gasteiger partial charge in [0.2, 0.25) is 0 Å². The summed E-state index contributed by atoms with van der Waals surface area (Å²) in [5, 5.41) is 4.33. The molecule has 1 aromatic heterocycles. The molecule has 0 bridgehead atoms. The van der Waals surface area contributed by atoms with Gasteiger partial charge in [-0.2, -0.15) is 5.10 Å². The zero-order valence-corrected chi connectivity index (χ0v) is 14.5. The first kappa shape index (κ1) is 16.9. The Morgan fingerprint density at radius 2 is 2.04 bits per heavy atom. The van der Waals surface area contributed by atoms with Gasteiger partial charge in [-0.05, 0) is 24.0 Å². The molecule has 0 radical (unpaired) electrons. The highest BCUT2D eigenvalue weighted by Crippen LogP contribution is 2.39. The average Bonchev–Trinajstić information content (AvgIpc) is 3.13. The molecule has 2 aromatic rings. The molecule has 0 fully saturated rings. The molecular weight excluding hydrogens is 320 g/mol. The van der Waals surface area contributed by atoms with Gasteiger partial charge in [0.1, 0.15) is 23.8 Å². The molecule has 0 spiro atoms. The van der Waals surface area contributed by atoms with Crippen LogP contribution in [0.2, 0.25) is 0 Å². The minimum Gasteiger partial charge on any atom is -0.326 e. The van der Waals surface area contributed by atoms with Gasteiger partial charge in [0, 0.05) is 11.4 Å². The summed E-state index contributed by atoms with van der Waals surface area (Å²) in [5.41, 5.74) is 15.8. The molecule has 3 rings (SSSR count). The fourth-order valence-electron chi connectivity index (χ4n) is 2.63. The zero-order valence-electron chi connectivity index (χ0n) is 13.7. The van der Waals surface area contributed by atoms with E-state index >= 15 is 0 Å². The number of thioether (sulfide) groups is 1. The van der Waals surface area contributed by atoms with Crippen LogP contribution in [0.15, 0.2) is 41.9 Å². The minimum atomic E-state index is -0.298. The molecule has 0 amide bonds. The number of hydrogen-bond donors (Lipinski definition) is 2. The van der Waals surface area contributed by atoms with Crippen molar-refractivity contribution in [3.63, 3.8) is 0 Å². The third-order valence-corrected chi connectivity index (χ3v) is 4.89. The smallest absolute Gasteiger partial charge is 0.149 e. The molecule has 24 heavy (non-hydrogen) atoms. The highest BCUT2D eigenvalue weighted by molar-refractivity contribution is 8.09. The molecule has 6 nitrogen and oxygen atoms in total. The summed E-state index contributed by atoms with van der Waals surface area (Å²) in [6.07, 6.45) is 6.30. The standard InChI is InChI=1S/C17H22N6S/c1-2-3-4-14-15(23-11-20-10-21-23)16(24-17(19)22-14)13-7-5-12(9-18)6-8-13/h5-8,10-11,17H,2-4,9,18-19H2,1H3. The number of nitrogens with zero attached hydrogens (tertiary/aromatic N) is 4. The van der Waals surface area contributed by atoms with E-state index in [1.807, 2.05) is 12.1 Å². The van der Waals surface area contributed by atoms with Gasteiger partial charge in [-0.25, -0.2) is 9.67 Å². The van der Waals surface area contributed by atoms with E-state index in [2.05, 4.69) is 34.1 Å². The van der Waals surface area contributed by atoms with E-state index in [0.29, 0.717) is 6.54 Å². The number of rotatable bonds is 6. The summed E-state index contributed by atoms with van der Waals surface area (Å²) in [6, 6.07) is 8.25. The summed E-state index contributed by atoms with van der Waals surface area (Å²) in [6.45, 7) is 2.70. The predicted octanol–water partition coefficient (Wildman–Crippen LogP) is 2.68. The predicted molar refractivity (Wildman–Crippen MR) is 100.0 cm³/mol. The molecule has 1 unspecified atom stereocenters. The lowest BCUT2D eigenvalue weighted by Crippen LogP contribution is -2.23. The van der Waals surface area contributed by atoms with Crippen LogP contribution in [-0.4, -0.2) is 26.0 Å². The largest absolute Gasteiger partial charge is 0.326 e. The van der Waals surface area contributed by atoms with E-state index in [4.69, 9.17) is 11.5 Å². The van der Waals surface area contributed by atoms with Crippen molar-refractivity contribution in [2.24, 2.45) is 16.5 Å². The van der Waals surface area contributed by atoms with Gasteiger partial charge in [-0.1, -0.05) is 49.4 Å². The molecule has 2 heterocycles. The van der Waals surface area contributed by atoms with E-state index in [9.17, 15) is 0 Å². The van der Waals surface area contributed by atoms with Gasteiger partial charge in [-0.3, -0.25) is 4.99 Å². The van der Waals surface area contributed by atoms with E-state index in [-0.39, 0.29) is 5.50 Å². The van der Waals surface area contributed by atoms with E-state index in [1.165, 1.54) is 0 Å². The normalized spacial score (nSPS) is 18.0. The van der Waals surface area contributed by atoms with Crippen LogP contribution in [0.5, 0.6) is 0 Å². The van der Waals surface area contributed by atoms with Gasteiger partial charge in [0.15, 0.2) is 0 Å². The maximum absolute atomic E-state index is 6.17. The van der Waals surface area contributed by atoms with Gasteiger partial charge < -0.3 is 11.5 Å². The quantitative estimate of drug-likeness (QED) is 0.841. The highest BCUT2D eigenvalue weighted by Gasteiger charge is 2.25. The van der Waals surface area contributed by atoms with Crippen molar-refractivity contribution < 1.29 is 0 Å². The summed E-state index contributed by atoms with van der Waals surface area (Å²) in [5.74, 6) is 0. The van der Waals surface area contributed by atoms with E-state index < -0.39 is 0 Å². The average molecular weight is 342 g/mol. The maximum atomic E-state index is 6.17. The van der Waals surface area contributed by atoms with Crippen molar-refractivity contribution in [2.45, 2.75) is 38.2 Å². The van der Waals surface area contributed by atoms with Crippen molar-refractivity contribution in [1.29, 1.82) is 0 Å². The topological polar surface area (TPSA) is 95.1 Å². The number of aliphatic imine (C=N–C) groups is 1. The van der Waals surface area contributed by atoms with Crippen LogP contribution in [0.25, 0.3) is 10.6 Å². The van der Waals surface area contributed by atoms with Crippen LogP contribution in [0, 0.1) is 0 Å². The lowest BCUT2D eigenvalue weighted by molar-refractivity contribution is 0.820. The Bertz CT molecular complexity index is 733. The summed E-state index contributed by atoms with van der Waals surface area (Å²) in [4.78, 5) is 9.83. The van der Waals surface area contributed by atoms with Crippen LogP contribution in [0.4, 0.5) is 0 Å². The number of allylic oxidation sites excluding steroid dienone is 1. The number of hydrogen-bond acceptors (Lipinski definition) is 6. The Balaban J connectivity index is 2.09. The van der Waals surface area contributed by atoms with Crippen LogP contribution in [0.3, 0.4) is 0 Å². The first-order chi connectivity index (χ1) is 11.7. The molecule has 0 saturated heterocycles. The second kappa shape index (κ2) is 7.74. The molecule has 1 aliphatic rings. The molecule has 1 atom stereocenters. The molecule has 1 aromatic carbocycles. The van der Waals surface area contributed by atoms with Crippen LogP contribution >= 0.6 is 11.8 Å². The minimum absolute atomic E-state index is 0.298. The molecule has 0 saturated carbocycles. The van der Waals surface area contributed by atoms with Crippen LogP contribution in [0.1, 0.15) is 37.3 Å². The monoisotopic (exact) mass is 342 g/mol. The highest BCUT2D eigenvalue weighted by atomic mass is 32.2. The Labute approximate surface area is 146 Å². The molecule has 1 aliphatic heterocycles. The van der Waals surface area contributed by atoms with Crippen molar-refractivity contribution in [3.05, 3.63) is 48.0 Å². The Morgan fingerprint density at radius 3 is 2.67 bits per heavy atom. The van der Waals surface area contributed by atoms with Gasteiger partial charge in [0.25, 0.3) is 0 Å². The summed E-state index contributed by atoms with van der Waals surface area (Å²) < 4.78 is 1.79. The number of benzene rings is 1. The number of aromatic nitrogens is 3. The Hall–Kier alpha value is -1.96. The fourth-order valence-corrected chi connectivity index (χ4v) is 3.65. The maximum Gasteiger partial charge on any atom is 0.149 e. The Morgan fingerprint density at radius 1 is 1.25 bits per heavy atom. The number of nitrogens with two attached hydrogens (primary N) is 2. The first-order valence-electron chi connectivity index (χ1n) is 8.11. The molecule has 4 N–H and O–H groups in total. The van der Waals surface area contributed by atoms with Crippen molar-refractivity contribution in [3.8, 4) is 0 Å². The zero-order chi connectivity index (χ0) is 16.9. The van der Waals surface area contributed by atoms with Gasteiger partial charge >= 0.3 is 0 Å². The third kappa shape index (κ3) is 3.58. The van der Waals surface area contributed by atoms with E-state index in [0.717, 1.165) is 46.7 Å². The molecule has 0 aliphatic carbocycles. The first-order valence-corrected chi connectivity index (χ1v) is 8.98. The van der Waals surface area contributed by atoms with E-state index in [1.54, 1.807) is 29.1 Å². The Kier molecular flexibility index (Phi) is 5.44. The molecular formula is C17H22N6S. The third-order valence-electron chi connectivity index (χ3n) is 3.88. The van der Waals surface area contributed by atoms with Crippen molar-refractivity contribution in [1.82, 2.24) is 14.8 Å². The lowest BCUT2D eigenvalue weighted by atomic mass is 10.1. The van der Waals surface area contributed by atoms with Crippen molar-refractivity contribution >= 4 is 28.1 Å². The fraction of sp³-hybridized carbons (Fsp3) is 0.353. The lowest BCUT2D eigenvalue weighted by Gasteiger charge is -2.24. The van der Waals surface area contributed by atoms with Crippen LogP contribution in [-0.2, 0) is 6.54 Å². The number of unbranched alkanes of at least 4 members (excludes halogenated alkanes) is 1. The van der Waals surface area contributed by atoms with Crippen LogP contribution < -0.4 is 11.5 Å². The SMILES string of the molecule is CCCCC1=NC(N)SC(c2ccc(CN)cc2)=C1n1cncn1. The second-order valence-electron chi connectivity index (χ2n) is 5.61. The van der Waals surface area contributed by atoms with Gasteiger partial charge in [-0.15, -0.1) is 0 Å².